The van der Waals surface area contributed by atoms with Crippen molar-refractivity contribution >= 4 is 27.5 Å². The van der Waals surface area contributed by atoms with E-state index in [1.54, 1.807) is 24.3 Å². The molecule has 29 heavy (non-hydrogen) atoms. The Morgan fingerprint density at radius 1 is 1.14 bits per heavy atom. The van der Waals surface area contributed by atoms with Gasteiger partial charge in [-0.2, -0.15) is 4.31 Å². The van der Waals surface area contributed by atoms with E-state index in [4.69, 9.17) is 21.1 Å². The summed E-state index contributed by atoms with van der Waals surface area (Å²) in [5.74, 6) is 0.606. The van der Waals surface area contributed by atoms with E-state index >= 15 is 0 Å². The zero-order valence-electron chi connectivity index (χ0n) is 15.6. The van der Waals surface area contributed by atoms with E-state index in [-0.39, 0.29) is 17.3 Å². The number of benzene rings is 2. The maximum Gasteiger partial charge on any atom is 0.243 e. The molecule has 2 heterocycles. The number of hydrogen-bond donors (Lipinski definition) is 1. The Morgan fingerprint density at radius 3 is 2.72 bits per heavy atom. The predicted molar refractivity (Wildman–Crippen MR) is 108 cm³/mol. The molecule has 2 aliphatic rings. The third-order valence-corrected chi connectivity index (χ3v) is 7.12. The largest absolute Gasteiger partial charge is 0.486 e. The number of sulfonamides is 1. The highest BCUT2D eigenvalue weighted by atomic mass is 35.5. The van der Waals surface area contributed by atoms with Crippen molar-refractivity contribution in [3.63, 3.8) is 0 Å². The highest BCUT2D eigenvalue weighted by Gasteiger charge is 2.39. The van der Waals surface area contributed by atoms with Crippen molar-refractivity contribution in [2.24, 2.45) is 0 Å². The number of rotatable bonds is 5. The van der Waals surface area contributed by atoms with Gasteiger partial charge in [-0.1, -0.05) is 23.7 Å². The van der Waals surface area contributed by atoms with Gasteiger partial charge < -0.3 is 14.8 Å². The van der Waals surface area contributed by atoms with Crippen LogP contribution in [0.4, 0.5) is 0 Å². The monoisotopic (exact) mass is 436 g/mol. The molecule has 2 aliphatic heterocycles. The number of ether oxygens (including phenoxy) is 2. The third-order valence-electron chi connectivity index (χ3n) is 4.98. The lowest BCUT2D eigenvalue weighted by Crippen LogP contribution is -2.45. The van der Waals surface area contributed by atoms with Gasteiger partial charge in [0.2, 0.25) is 15.9 Å². The first-order valence-electron chi connectivity index (χ1n) is 9.39. The molecular formula is C20H21ClN2O5S. The molecule has 0 bridgehead atoms. The fraction of sp³-hybridized carbons (Fsp3) is 0.350. The van der Waals surface area contributed by atoms with E-state index in [1.165, 1.54) is 16.4 Å². The molecule has 0 aliphatic carbocycles. The van der Waals surface area contributed by atoms with Crippen LogP contribution >= 0.6 is 11.6 Å². The Bertz CT molecular complexity index is 1030. The summed E-state index contributed by atoms with van der Waals surface area (Å²) in [5, 5.41) is 3.41. The summed E-state index contributed by atoms with van der Waals surface area (Å²) in [6, 6.07) is 11.0. The van der Waals surface area contributed by atoms with Crippen LogP contribution < -0.4 is 14.8 Å². The second-order valence-corrected chi connectivity index (χ2v) is 9.25. The maximum atomic E-state index is 13.2. The van der Waals surface area contributed by atoms with Crippen molar-refractivity contribution in [1.82, 2.24) is 9.62 Å². The van der Waals surface area contributed by atoms with Gasteiger partial charge in [0.1, 0.15) is 19.3 Å². The summed E-state index contributed by atoms with van der Waals surface area (Å²) in [7, 11) is -3.84. The van der Waals surface area contributed by atoms with Crippen LogP contribution in [0.1, 0.15) is 18.4 Å². The first kappa shape index (κ1) is 20.0. The van der Waals surface area contributed by atoms with Gasteiger partial charge in [0.15, 0.2) is 11.5 Å². The van der Waals surface area contributed by atoms with Gasteiger partial charge in [0, 0.05) is 24.2 Å². The van der Waals surface area contributed by atoms with E-state index in [0.717, 1.165) is 5.56 Å². The first-order valence-corrected chi connectivity index (χ1v) is 11.2. The molecule has 1 saturated heterocycles. The summed E-state index contributed by atoms with van der Waals surface area (Å²) in [6.45, 7) is 1.38. The van der Waals surface area contributed by atoms with Crippen LogP contribution in [0.2, 0.25) is 5.02 Å². The van der Waals surface area contributed by atoms with E-state index in [9.17, 15) is 13.2 Å². The minimum atomic E-state index is -3.84. The Labute approximate surface area is 174 Å². The van der Waals surface area contributed by atoms with Crippen molar-refractivity contribution in [3.8, 4) is 11.5 Å². The number of halogens is 1. The van der Waals surface area contributed by atoms with Gasteiger partial charge in [-0.05, 0) is 42.7 Å². The summed E-state index contributed by atoms with van der Waals surface area (Å²) in [4.78, 5) is 12.8. The van der Waals surface area contributed by atoms with Crippen LogP contribution in [0.15, 0.2) is 47.4 Å². The molecule has 2 aromatic carbocycles. The lowest BCUT2D eigenvalue weighted by molar-refractivity contribution is -0.124. The van der Waals surface area contributed by atoms with Crippen LogP contribution in [0.25, 0.3) is 0 Å². The average molecular weight is 437 g/mol. The molecule has 0 spiro atoms. The van der Waals surface area contributed by atoms with Crippen molar-refractivity contribution in [3.05, 3.63) is 53.1 Å². The van der Waals surface area contributed by atoms with E-state index < -0.39 is 16.1 Å². The fourth-order valence-electron chi connectivity index (χ4n) is 3.56. The van der Waals surface area contributed by atoms with Crippen molar-refractivity contribution in [2.75, 3.05) is 19.8 Å². The molecular weight excluding hydrogens is 416 g/mol. The van der Waals surface area contributed by atoms with Crippen LogP contribution in [0.5, 0.6) is 11.5 Å². The Morgan fingerprint density at radius 2 is 1.93 bits per heavy atom. The van der Waals surface area contributed by atoms with Crippen molar-refractivity contribution < 1.29 is 22.7 Å². The number of amides is 1. The molecule has 2 aromatic rings. The zero-order valence-corrected chi connectivity index (χ0v) is 17.2. The normalized spacial score (nSPS) is 19.1. The van der Waals surface area contributed by atoms with Gasteiger partial charge in [-0.15, -0.1) is 0 Å². The molecule has 1 amide bonds. The molecule has 0 aromatic heterocycles. The quantitative estimate of drug-likeness (QED) is 0.778. The van der Waals surface area contributed by atoms with Crippen LogP contribution in [-0.2, 0) is 21.4 Å². The SMILES string of the molecule is O=C(NCc1cccc(Cl)c1)C1CCCN1S(=O)(=O)c1ccc2c(c1)OCCO2. The molecule has 0 saturated carbocycles. The molecule has 4 rings (SSSR count). The Kier molecular flexibility index (Phi) is 5.67. The molecule has 0 radical (unpaired) electrons. The average Bonchev–Trinajstić information content (AvgIpc) is 3.23. The van der Waals surface area contributed by atoms with Crippen molar-refractivity contribution in [2.45, 2.75) is 30.3 Å². The highest BCUT2D eigenvalue weighted by Crippen LogP contribution is 2.34. The summed E-state index contributed by atoms with van der Waals surface area (Å²) in [5.41, 5.74) is 0.852. The molecule has 154 valence electrons. The molecule has 7 nitrogen and oxygen atoms in total. The van der Waals surface area contributed by atoms with Gasteiger partial charge in [0.25, 0.3) is 0 Å². The number of nitrogens with one attached hydrogen (secondary N) is 1. The molecule has 1 atom stereocenters. The minimum Gasteiger partial charge on any atom is -0.486 e. The molecule has 1 unspecified atom stereocenters. The number of carbonyl (C=O) groups excluding carboxylic acids is 1. The lowest BCUT2D eigenvalue weighted by atomic mass is 10.2. The highest BCUT2D eigenvalue weighted by molar-refractivity contribution is 7.89. The second kappa shape index (κ2) is 8.22. The van der Waals surface area contributed by atoms with E-state index in [0.29, 0.717) is 49.1 Å². The van der Waals surface area contributed by atoms with Crippen LogP contribution in [-0.4, -0.2) is 44.4 Å². The zero-order chi connectivity index (χ0) is 20.4. The van der Waals surface area contributed by atoms with Crippen LogP contribution in [0, 0.1) is 0 Å². The predicted octanol–water partition coefficient (Wildman–Crippen LogP) is 2.58. The summed E-state index contributed by atoms with van der Waals surface area (Å²) < 4.78 is 38.6. The van der Waals surface area contributed by atoms with E-state index in [1.807, 2.05) is 6.07 Å². The van der Waals surface area contributed by atoms with Crippen molar-refractivity contribution in [1.29, 1.82) is 0 Å². The molecule has 1 N–H and O–H groups in total. The number of fused-ring (bicyclic) bond motifs is 1. The Hall–Kier alpha value is -2.29. The van der Waals surface area contributed by atoms with E-state index in [2.05, 4.69) is 5.32 Å². The number of nitrogens with zero attached hydrogens (tertiary/aromatic N) is 1. The number of carbonyl (C=O) groups is 1. The third kappa shape index (κ3) is 4.19. The summed E-state index contributed by atoms with van der Waals surface area (Å²) >= 11 is 5.97. The topological polar surface area (TPSA) is 84.9 Å². The van der Waals surface area contributed by atoms with Gasteiger partial charge in [0.05, 0.1) is 4.90 Å². The molecule has 1 fully saturated rings. The molecule has 9 heteroatoms. The lowest BCUT2D eigenvalue weighted by Gasteiger charge is -2.24. The first-order chi connectivity index (χ1) is 13.9. The van der Waals surface area contributed by atoms with Gasteiger partial charge in [-0.3, -0.25) is 4.79 Å². The second-order valence-electron chi connectivity index (χ2n) is 6.93. The Balaban J connectivity index is 1.50. The van der Waals surface area contributed by atoms with Gasteiger partial charge in [-0.25, -0.2) is 8.42 Å². The maximum absolute atomic E-state index is 13.2. The smallest absolute Gasteiger partial charge is 0.243 e. The minimum absolute atomic E-state index is 0.0938. The summed E-state index contributed by atoms with van der Waals surface area (Å²) in [6.07, 6.45) is 1.10. The fourth-order valence-corrected chi connectivity index (χ4v) is 5.45. The van der Waals surface area contributed by atoms with Crippen LogP contribution in [0.3, 0.4) is 0 Å². The van der Waals surface area contributed by atoms with Gasteiger partial charge >= 0.3 is 0 Å². The number of hydrogen-bond acceptors (Lipinski definition) is 5. The standard InChI is InChI=1S/C20H21ClN2O5S/c21-15-4-1-3-14(11-15)13-22-20(24)17-5-2-8-23(17)29(25,26)16-6-7-18-19(12-16)28-10-9-27-18/h1,3-4,6-7,11-12,17H,2,5,8-10,13H2,(H,22,24).